The van der Waals surface area contributed by atoms with Gasteiger partial charge in [0.2, 0.25) is 5.91 Å². The predicted molar refractivity (Wildman–Crippen MR) is 98.2 cm³/mol. The number of fused-ring (bicyclic) bond motifs is 1. The van der Waals surface area contributed by atoms with Crippen molar-refractivity contribution in [2.45, 2.75) is 12.8 Å². The first-order valence-corrected chi connectivity index (χ1v) is 8.58. The summed E-state index contributed by atoms with van der Waals surface area (Å²) in [5, 5.41) is 2.99. The maximum Gasteiger partial charge on any atom is 0.227 e. The summed E-state index contributed by atoms with van der Waals surface area (Å²) in [6.45, 7) is 1.53. The topological polar surface area (TPSA) is 96.0 Å². The number of hydrogen-bond donors (Lipinski definition) is 2. The third-order valence-corrected chi connectivity index (χ3v) is 4.71. The van der Waals surface area contributed by atoms with Gasteiger partial charge in [-0.15, -0.1) is 0 Å². The van der Waals surface area contributed by atoms with Crippen LogP contribution in [0.2, 0.25) is 0 Å². The fraction of sp³-hybridized carbons (Fsp3) is 0.333. The molecule has 1 fully saturated rings. The average molecular weight is 352 g/mol. The van der Waals surface area contributed by atoms with Gasteiger partial charge in [-0.25, -0.2) is 15.0 Å². The molecule has 26 heavy (non-hydrogen) atoms. The predicted octanol–water partition coefficient (Wildman–Crippen LogP) is 2.22. The maximum atomic E-state index is 12.6. The first kappa shape index (κ1) is 16.3. The van der Waals surface area contributed by atoms with Gasteiger partial charge in [0.1, 0.15) is 17.6 Å². The lowest BCUT2D eigenvalue weighted by molar-refractivity contribution is -0.120. The van der Waals surface area contributed by atoms with Gasteiger partial charge >= 0.3 is 0 Å². The van der Waals surface area contributed by atoms with Crippen LogP contribution in [0.5, 0.6) is 5.75 Å². The number of benzene rings is 1. The number of aromatic amines is 1. The van der Waals surface area contributed by atoms with E-state index < -0.39 is 0 Å². The molecular weight excluding hydrogens is 332 g/mol. The summed E-state index contributed by atoms with van der Waals surface area (Å²) in [7, 11) is 1.61. The third kappa shape index (κ3) is 3.17. The molecule has 2 N–H and O–H groups in total. The van der Waals surface area contributed by atoms with Crippen molar-refractivity contribution in [3.8, 4) is 5.75 Å². The highest BCUT2D eigenvalue weighted by Crippen LogP contribution is 2.26. The Bertz CT molecular complexity index is 917. The molecule has 0 unspecified atom stereocenters. The summed E-state index contributed by atoms with van der Waals surface area (Å²) in [6, 6.07) is 7.40. The molecule has 3 aromatic rings. The van der Waals surface area contributed by atoms with Crippen LogP contribution in [0.4, 0.5) is 11.5 Å². The number of carbonyl (C=O) groups excluding carboxylic acids is 1. The number of aromatic nitrogens is 4. The molecule has 0 atom stereocenters. The zero-order chi connectivity index (χ0) is 17.9. The van der Waals surface area contributed by atoms with Gasteiger partial charge < -0.3 is 19.9 Å². The fourth-order valence-electron chi connectivity index (χ4n) is 3.29. The largest absolute Gasteiger partial charge is 0.497 e. The summed E-state index contributed by atoms with van der Waals surface area (Å²) in [6.07, 6.45) is 4.70. The van der Waals surface area contributed by atoms with E-state index in [0.29, 0.717) is 5.65 Å². The van der Waals surface area contributed by atoms with Crippen molar-refractivity contribution in [2.24, 2.45) is 5.92 Å². The molecule has 0 bridgehead atoms. The quantitative estimate of drug-likeness (QED) is 0.747. The van der Waals surface area contributed by atoms with Gasteiger partial charge in [0.15, 0.2) is 11.5 Å². The van der Waals surface area contributed by atoms with E-state index in [2.05, 4.69) is 30.2 Å². The van der Waals surface area contributed by atoms with E-state index in [1.54, 1.807) is 13.4 Å². The zero-order valence-corrected chi connectivity index (χ0v) is 14.5. The SMILES string of the molecule is COc1cccc(NC(=O)C2CCN(c3ncnc4nc[nH]c34)CC2)c1. The van der Waals surface area contributed by atoms with Crippen molar-refractivity contribution in [1.82, 2.24) is 19.9 Å². The zero-order valence-electron chi connectivity index (χ0n) is 14.5. The molecule has 1 amide bonds. The average Bonchev–Trinajstić information content (AvgIpc) is 3.17. The van der Waals surface area contributed by atoms with E-state index in [-0.39, 0.29) is 11.8 Å². The van der Waals surface area contributed by atoms with Crippen molar-refractivity contribution in [3.05, 3.63) is 36.9 Å². The van der Waals surface area contributed by atoms with Gasteiger partial charge in [0, 0.05) is 30.8 Å². The molecule has 1 aliphatic heterocycles. The smallest absolute Gasteiger partial charge is 0.227 e. The summed E-state index contributed by atoms with van der Waals surface area (Å²) < 4.78 is 5.20. The van der Waals surface area contributed by atoms with E-state index in [1.807, 2.05) is 24.3 Å². The molecule has 8 heteroatoms. The van der Waals surface area contributed by atoms with Crippen LogP contribution >= 0.6 is 0 Å². The minimum Gasteiger partial charge on any atom is -0.497 e. The molecule has 2 aromatic heterocycles. The first-order valence-electron chi connectivity index (χ1n) is 8.58. The molecule has 1 aromatic carbocycles. The minimum atomic E-state index is -0.0171. The lowest BCUT2D eigenvalue weighted by atomic mass is 9.95. The standard InChI is InChI=1S/C18H20N6O2/c1-26-14-4-2-3-13(9-14)23-18(25)12-5-7-24(8-6-12)17-15-16(20-10-19-15)21-11-22-17/h2-4,9-12H,5-8H2,1H3,(H,23,25)(H,19,20,21,22). The normalized spacial score (nSPS) is 15.2. The number of amides is 1. The van der Waals surface area contributed by atoms with Crippen molar-refractivity contribution in [2.75, 3.05) is 30.4 Å². The van der Waals surface area contributed by atoms with Crippen LogP contribution in [0.25, 0.3) is 11.2 Å². The van der Waals surface area contributed by atoms with Crippen LogP contribution in [-0.4, -0.2) is 46.0 Å². The number of piperidine rings is 1. The number of anilines is 2. The van der Waals surface area contributed by atoms with Crippen molar-refractivity contribution >= 4 is 28.6 Å². The van der Waals surface area contributed by atoms with Crippen LogP contribution in [0.3, 0.4) is 0 Å². The molecule has 8 nitrogen and oxygen atoms in total. The Hall–Kier alpha value is -3.16. The van der Waals surface area contributed by atoms with Gasteiger partial charge in [-0.3, -0.25) is 4.79 Å². The van der Waals surface area contributed by atoms with Gasteiger partial charge in [0.05, 0.1) is 13.4 Å². The van der Waals surface area contributed by atoms with E-state index in [1.165, 1.54) is 6.33 Å². The summed E-state index contributed by atoms with van der Waals surface area (Å²) in [4.78, 5) is 30.5. The molecule has 134 valence electrons. The number of nitrogens with zero attached hydrogens (tertiary/aromatic N) is 4. The Kier molecular flexibility index (Phi) is 4.39. The van der Waals surface area contributed by atoms with Gasteiger partial charge in [-0.1, -0.05) is 6.07 Å². The highest BCUT2D eigenvalue weighted by atomic mass is 16.5. The molecule has 0 saturated carbocycles. The lowest BCUT2D eigenvalue weighted by Crippen LogP contribution is -2.38. The summed E-state index contributed by atoms with van der Waals surface area (Å²) in [5.41, 5.74) is 2.26. The van der Waals surface area contributed by atoms with E-state index >= 15 is 0 Å². The van der Waals surface area contributed by atoms with Gasteiger partial charge in [0.25, 0.3) is 0 Å². The number of imidazole rings is 1. The number of methoxy groups -OCH3 is 1. The number of ether oxygens (including phenoxy) is 1. The molecule has 3 heterocycles. The second-order valence-corrected chi connectivity index (χ2v) is 6.28. The molecule has 0 spiro atoms. The Morgan fingerprint density at radius 1 is 1.27 bits per heavy atom. The number of rotatable bonds is 4. The van der Waals surface area contributed by atoms with E-state index in [0.717, 1.165) is 48.7 Å². The fourth-order valence-corrected chi connectivity index (χ4v) is 3.29. The number of hydrogen-bond acceptors (Lipinski definition) is 6. The van der Waals surface area contributed by atoms with Gasteiger partial charge in [-0.05, 0) is 25.0 Å². The highest BCUT2D eigenvalue weighted by Gasteiger charge is 2.27. The highest BCUT2D eigenvalue weighted by molar-refractivity contribution is 5.93. The van der Waals surface area contributed by atoms with Gasteiger partial charge in [-0.2, -0.15) is 0 Å². The minimum absolute atomic E-state index is 0.0171. The van der Waals surface area contributed by atoms with Crippen LogP contribution in [-0.2, 0) is 4.79 Å². The molecule has 0 radical (unpaired) electrons. The molecule has 4 rings (SSSR count). The van der Waals surface area contributed by atoms with Crippen LogP contribution in [0.15, 0.2) is 36.9 Å². The van der Waals surface area contributed by atoms with E-state index in [9.17, 15) is 4.79 Å². The van der Waals surface area contributed by atoms with E-state index in [4.69, 9.17) is 4.74 Å². The van der Waals surface area contributed by atoms with Crippen LogP contribution < -0.4 is 15.0 Å². The second kappa shape index (κ2) is 6.99. The summed E-state index contributed by atoms with van der Waals surface area (Å²) >= 11 is 0. The second-order valence-electron chi connectivity index (χ2n) is 6.28. The number of nitrogens with one attached hydrogen (secondary N) is 2. The molecule has 0 aliphatic carbocycles. The van der Waals surface area contributed by atoms with Crippen LogP contribution in [0.1, 0.15) is 12.8 Å². The Morgan fingerprint density at radius 2 is 2.12 bits per heavy atom. The first-order chi connectivity index (χ1) is 12.7. The third-order valence-electron chi connectivity index (χ3n) is 4.71. The molecular formula is C18H20N6O2. The number of H-pyrrole nitrogens is 1. The summed E-state index contributed by atoms with van der Waals surface area (Å²) in [5.74, 6) is 1.60. The lowest BCUT2D eigenvalue weighted by Gasteiger charge is -2.32. The van der Waals surface area contributed by atoms with Crippen molar-refractivity contribution in [3.63, 3.8) is 0 Å². The monoisotopic (exact) mass is 352 g/mol. The Balaban J connectivity index is 1.40. The Morgan fingerprint density at radius 3 is 2.92 bits per heavy atom. The van der Waals surface area contributed by atoms with Crippen molar-refractivity contribution in [1.29, 1.82) is 0 Å². The maximum absolute atomic E-state index is 12.6. The Labute approximate surface area is 150 Å². The molecule has 1 aliphatic rings. The van der Waals surface area contributed by atoms with Crippen molar-refractivity contribution < 1.29 is 9.53 Å². The molecule has 1 saturated heterocycles. The number of carbonyl (C=O) groups is 1. The van der Waals surface area contributed by atoms with Crippen LogP contribution in [0, 0.1) is 5.92 Å².